The lowest BCUT2D eigenvalue weighted by Gasteiger charge is -2.21. The first kappa shape index (κ1) is 17.3. The molecule has 1 atom stereocenters. The van der Waals surface area contributed by atoms with Crippen molar-refractivity contribution in [1.82, 2.24) is 10.6 Å². The fourth-order valence-corrected chi connectivity index (χ4v) is 2.48. The largest absolute Gasteiger partial charge is 0.354 e. The average molecular weight is 316 g/mol. The minimum absolute atomic E-state index is 0.225. The van der Waals surface area contributed by atoms with Gasteiger partial charge in [-0.3, -0.25) is 9.79 Å². The maximum Gasteiger partial charge on any atom is 0.227 e. The quantitative estimate of drug-likeness (QED) is 0.648. The van der Waals surface area contributed by atoms with Crippen LogP contribution in [0.15, 0.2) is 29.3 Å². The number of hydrogen-bond donors (Lipinski definition) is 2. The predicted molar refractivity (Wildman–Crippen MR) is 95.7 cm³/mol. The maximum absolute atomic E-state index is 11.8. The second-order valence-electron chi connectivity index (χ2n) is 6.42. The van der Waals surface area contributed by atoms with Gasteiger partial charge in [-0.2, -0.15) is 0 Å². The minimum atomic E-state index is 0.225. The van der Waals surface area contributed by atoms with Crippen molar-refractivity contribution >= 4 is 17.6 Å². The second kappa shape index (κ2) is 7.99. The lowest BCUT2D eigenvalue weighted by molar-refractivity contribution is -0.117. The molecule has 1 aromatic carbocycles. The molecule has 5 heteroatoms. The third kappa shape index (κ3) is 4.71. The van der Waals surface area contributed by atoms with E-state index in [1.807, 2.05) is 17.0 Å². The number of rotatable bonds is 5. The van der Waals surface area contributed by atoms with Crippen LogP contribution in [0.5, 0.6) is 0 Å². The number of nitrogens with one attached hydrogen (secondary N) is 2. The number of benzene rings is 1. The van der Waals surface area contributed by atoms with E-state index in [2.05, 4.69) is 48.5 Å². The van der Waals surface area contributed by atoms with E-state index in [0.717, 1.165) is 24.6 Å². The van der Waals surface area contributed by atoms with Crippen LogP contribution < -0.4 is 15.5 Å². The summed E-state index contributed by atoms with van der Waals surface area (Å²) < 4.78 is 0. The Hall–Kier alpha value is -2.04. The highest BCUT2D eigenvalue weighted by atomic mass is 16.2. The van der Waals surface area contributed by atoms with E-state index in [1.54, 1.807) is 7.05 Å². The van der Waals surface area contributed by atoms with Crippen LogP contribution in [0.2, 0.25) is 0 Å². The molecule has 0 aliphatic carbocycles. The fourth-order valence-electron chi connectivity index (χ4n) is 2.48. The van der Waals surface area contributed by atoms with Gasteiger partial charge in [-0.1, -0.05) is 26.0 Å². The molecule has 1 aliphatic rings. The Balaban J connectivity index is 1.89. The normalized spacial score (nSPS) is 16.8. The smallest absolute Gasteiger partial charge is 0.227 e. The number of amides is 1. The molecule has 0 aromatic heterocycles. The van der Waals surface area contributed by atoms with Gasteiger partial charge in [0.1, 0.15) is 0 Å². The van der Waals surface area contributed by atoms with Crippen LogP contribution in [0.3, 0.4) is 0 Å². The van der Waals surface area contributed by atoms with Crippen molar-refractivity contribution in [3.05, 3.63) is 29.8 Å². The Bertz CT molecular complexity index is 551. The molecule has 1 fully saturated rings. The summed E-state index contributed by atoms with van der Waals surface area (Å²) in [6.45, 7) is 8.06. The van der Waals surface area contributed by atoms with Crippen molar-refractivity contribution < 1.29 is 4.79 Å². The van der Waals surface area contributed by atoms with Crippen LogP contribution in [0.1, 0.15) is 39.2 Å². The van der Waals surface area contributed by atoms with E-state index < -0.39 is 0 Å². The molecule has 1 aromatic rings. The molecule has 1 aliphatic heterocycles. The zero-order chi connectivity index (χ0) is 16.8. The van der Waals surface area contributed by atoms with E-state index in [1.165, 1.54) is 5.56 Å². The molecular weight excluding hydrogens is 288 g/mol. The Labute approximate surface area is 139 Å². The van der Waals surface area contributed by atoms with Gasteiger partial charge in [0, 0.05) is 38.3 Å². The van der Waals surface area contributed by atoms with Gasteiger partial charge in [0.2, 0.25) is 5.91 Å². The molecule has 0 radical (unpaired) electrons. The highest BCUT2D eigenvalue weighted by Crippen LogP contribution is 2.21. The lowest BCUT2D eigenvalue weighted by atomic mass is 10.1. The van der Waals surface area contributed by atoms with Crippen molar-refractivity contribution in [2.75, 3.05) is 18.5 Å². The average Bonchev–Trinajstić information content (AvgIpc) is 2.97. The summed E-state index contributed by atoms with van der Waals surface area (Å²) in [5.74, 6) is 1.58. The first-order chi connectivity index (χ1) is 11.0. The zero-order valence-corrected chi connectivity index (χ0v) is 14.6. The molecule has 1 saturated heterocycles. The van der Waals surface area contributed by atoms with Crippen LogP contribution in [0.25, 0.3) is 0 Å². The molecule has 1 unspecified atom stereocenters. The molecule has 2 rings (SSSR count). The number of carbonyl (C=O) groups is 1. The number of guanidine groups is 1. The van der Waals surface area contributed by atoms with Gasteiger partial charge < -0.3 is 15.5 Å². The summed E-state index contributed by atoms with van der Waals surface area (Å²) in [6.07, 6.45) is 1.62. The first-order valence-electron chi connectivity index (χ1n) is 8.37. The zero-order valence-electron chi connectivity index (χ0n) is 14.6. The third-order valence-electron chi connectivity index (χ3n) is 4.37. The summed E-state index contributed by atoms with van der Waals surface area (Å²) in [5, 5.41) is 6.71. The predicted octanol–water partition coefficient (Wildman–Crippen LogP) is 2.52. The summed E-state index contributed by atoms with van der Waals surface area (Å²) in [6, 6.07) is 8.53. The molecule has 0 spiro atoms. The standard InChI is InChI=1S/C18H28N4O/c1-13(2)14(3)21-18(19-4)20-12-15-7-9-16(10-8-15)22-11-5-6-17(22)23/h7-10,13-14H,5-6,11-12H2,1-4H3,(H2,19,20,21). The molecule has 1 amide bonds. The van der Waals surface area contributed by atoms with E-state index in [0.29, 0.717) is 24.9 Å². The Kier molecular flexibility index (Phi) is 6.02. The topological polar surface area (TPSA) is 56.7 Å². The number of nitrogens with zero attached hydrogens (tertiary/aromatic N) is 2. The van der Waals surface area contributed by atoms with Gasteiger partial charge in [0.25, 0.3) is 0 Å². The summed E-state index contributed by atoms with van der Waals surface area (Å²) in [7, 11) is 1.78. The highest BCUT2D eigenvalue weighted by Gasteiger charge is 2.21. The Morgan fingerprint density at radius 3 is 2.48 bits per heavy atom. The summed E-state index contributed by atoms with van der Waals surface area (Å²) in [5.41, 5.74) is 2.16. The van der Waals surface area contributed by atoms with Gasteiger partial charge >= 0.3 is 0 Å². The van der Waals surface area contributed by atoms with Crippen LogP contribution in [-0.4, -0.2) is 31.5 Å². The number of hydrogen-bond acceptors (Lipinski definition) is 2. The Morgan fingerprint density at radius 1 is 1.26 bits per heavy atom. The first-order valence-corrected chi connectivity index (χ1v) is 8.37. The molecule has 0 bridgehead atoms. The van der Waals surface area contributed by atoms with Crippen LogP contribution >= 0.6 is 0 Å². The Morgan fingerprint density at radius 2 is 1.96 bits per heavy atom. The number of anilines is 1. The van der Waals surface area contributed by atoms with Crippen molar-refractivity contribution in [2.24, 2.45) is 10.9 Å². The number of aliphatic imine (C=N–C) groups is 1. The van der Waals surface area contributed by atoms with Crippen molar-refractivity contribution in [2.45, 2.75) is 46.2 Å². The molecule has 5 nitrogen and oxygen atoms in total. The van der Waals surface area contributed by atoms with Crippen molar-refractivity contribution in [1.29, 1.82) is 0 Å². The van der Waals surface area contributed by atoms with E-state index >= 15 is 0 Å². The minimum Gasteiger partial charge on any atom is -0.354 e. The monoisotopic (exact) mass is 316 g/mol. The van der Waals surface area contributed by atoms with E-state index in [9.17, 15) is 4.79 Å². The van der Waals surface area contributed by atoms with Gasteiger partial charge in [0.15, 0.2) is 5.96 Å². The summed E-state index contributed by atoms with van der Waals surface area (Å²) >= 11 is 0. The van der Waals surface area contributed by atoms with Gasteiger partial charge in [-0.25, -0.2) is 0 Å². The van der Waals surface area contributed by atoms with Gasteiger partial charge in [-0.15, -0.1) is 0 Å². The maximum atomic E-state index is 11.8. The van der Waals surface area contributed by atoms with Crippen LogP contribution in [0, 0.1) is 5.92 Å². The molecule has 1 heterocycles. The fraction of sp³-hybridized carbons (Fsp3) is 0.556. The molecule has 2 N–H and O–H groups in total. The van der Waals surface area contributed by atoms with Crippen LogP contribution in [-0.2, 0) is 11.3 Å². The highest BCUT2D eigenvalue weighted by molar-refractivity contribution is 5.95. The molecule has 126 valence electrons. The molecule has 23 heavy (non-hydrogen) atoms. The molecular formula is C18H28N4O. The van der Waals surface area contributed by atoms with E-state index in [4.69, 9.17) is 0 Å². The van der Waals surface area contributed by atoms with Crippen molar-refractivity contribution in [3.8, 4) is 0 Å². The van der Waals surface area contributed by atoms with Gasteiger partial charge in [0.05, 0.1) is 0 Å². The summed E-state index contributed by atoms with van der Waals surface area (Å²) in [4.78, 5) is 17.9. The van der Waals surface area contributed by atoms with E-state index in [-0.39, 0.29) is 5.91 Å². The SMILES string of the molecule is CN=C(NCc1ccc(N2CCCC2=O)cc1)NC(C)C(C)C. The van der Waals surface area contributed by atoms with Gasteiger partial charge in [-0.05, 0) is 37.0 Å². The third-order valence-corrected chi connectivity index (χ3v) is 4.37. The van der Waals surface area contributed by atoms with Crippen molar-refractivity contribution in [3.63, 3.8) is 0 Å². The van der Waals surface area contributed by atoms with Crippen LogP contribution in [0.4, 0.5) is 5.69 Å². The molecule has 0 saturated carbocycles. The lowest BCUT2D eigenvalue weighted by Crippen LogP contribution is -2.43. The second-order valence-corrected chi connectivity index (χ2v) is 6.42. The number of carbonyl (C=O) groups excluding carboxylic acids is 1.